The van der Waals surface area contributed by atoms with Crippen LogP contribution in [-0.4, -0.2) is 34.2 Å². The number of carbonyl (C=O) groups is 1. The first kappa shape index (κ1) is 17.4. The SMILES string of the molecule is Cl.O=C(NCc1ccn(-c2ccccc2)n1)C1CC(F)(F)CN1. The van der Waals surface area contributed by atoms with Crippen LogP contribution in [0.3, 0.4) is 0 Å². The summed E-state index contributed by atoms with van der Waals surface area (Å²) in [4.78, 5) is 11.8. The van der Waals surface area contributed by atoms with Crippen molar-refractivity contribution in [2.75, 3.05) is 6.54 Å². The van der Waals surface area contributed by atoms with Crippen LogP contribution in [0, 0.1) is 0 Å². The number of nitrogens with zero attached hydrogens (tertiary/aromatic N) is 2. The third-order valence-electron chi connectivity index (χ3n) is 3.54. The number of aromatic nitrogens is 2. The first-order chi connectivity index (χ1) is 10.5. The molecule has 1 atom stereocenters. The summed E-state index contributed by atoms with van der Waals surface area (Å²) >= 11 is 0. The highest BCUT2D eigenvalue weighted by Crippen LogP contribution is 2.25. The van der Waals surface area contributed by atoms with Crippen LogP contribution in [0.15, 0.2) is 42.6 Å². The van der Waals surface area contributed by atoms with E-state index in [0.29, 0.717) is 5.69 Å². The fourth-order valence-corrected chi connectivity index (χ4v) is 2.38. The van der Waals surface area contributed by atoms with Gasteiger partial charge in [0.1, 0.15) is 0 Å². The molecule has 124 valence electrons. The Kier molecular flexibility index (Phi) is 5.33. The summed E-state index contributed by atoms with van der Waals surface area (Å²) in [5.41, 5.74) is 1.58. The third kappa shape index (κ3) is 4.27. The van der Waals surface area contributed by atoms with E-state index in [-0.39, 0.29) is 19.0 Å². The molecule has 3 rings (SSSR count). The highest BCUT2D eigenvalue weighted by molar-refractivity contribution is 5.85. The number of amides is 1. The van der Waals surface area contributed by atoms with Gasteiger partial charge in [0.2, 0.25) is 5.91 Å². The Hall–Kier alpha value is -1.99. The standard InChI is InChI=1S/C15H16F2N4O.ClH/c16-15(17)8-13(19-10-15)14(22)18-9-11-6-7-21(20-11)12-4-2-1-3-5-12;/h1-7,13,19H,8-10H2,(H,18,22);1H. The van der Waals surface area contributed by atoms with Gasteiger partial charge >= 0.3 is 0 Å². The Labute approximate surface area is 138 Å². The third-order valence-corrected chi connectivity index (χ3v) is 3.54. The summed E-state index contributed by atoms with van der Waals surface area (Å²) in [6.07, 6.45) is 1.33. The minimum atomic E-state index is -2.81. The second-order valence-corrected chi connectivity index (χ2v) is 5.30. The van der Waals surface area contributed by atoms with Gasteiger partial charge in [0.25, 0.3) is 5.92 Å². The van der Waals surface area contributed by atoms with Crippen molar-refractivity contribution in [2.24, 2.45) is 0 Å². The molecular formula is C15H17ClF2N4O. The fourth-order valence-electron chi connectivity index (χ4n) is 2.38. The predicted octanol–water partition coefficient (Wildman–Crippen LogP) is 1.91. The predicted molar refractivity (Wildman–Crippen MR) is 84.0 cm³/mol. The number of rotatable bonds is 4. The second-order valence-electron chi connectivity index (χ2n) is 5.30. The van der Waals surface area contributed by atoms with Crippen molar-refractivity contribution in [3.05, 3.63) is 48.3 Å². The molecule has 1 unspecified atom stereocenters. The van der Waals surface area contributed by atoms with Crippen LogP contribution in [0.1, 0.15) is 12.1 Å². The maximum Gasteiger partial charge on any atom is 0.262 e. The van der Waals surface area contributed by atoms with Gasteiger partial charge in [-0.1, -0.05) is 18.2 Å². The summed E-state index contributed by atoms with van der Waals surface area (Å²) in [6.45, 7) is -0.240. The first-order valence-electron chi connectivity index (χ1n) is 7.02. The lowest BCUT2D eigenvalue weighted by Crippen LogP contribution is -2.40. The molecule has 1 fully saturated rings. The molecule has 1 aromatic carbocycles. The van der Waals surface area contributed by atoms with Crippen molar-refractivity contribution < 1.29 is 13.6 Å². The van der Waals surface area contributed by atoms with Gasteiger partial charge in [-0.2, -0.15) is 5.10 Å². The van der Waals surface area contributed by atoms with Gasteiger partial charge in [-0.25, -0.2) is 13.5 Å². The molecule has 1 aliphatic rings. The fraction of sp³-hybridized carbons (Fsp3) is 0.333. The number of nitrogens with one attached hydrogen (secondary N) is 2. The largest absolute Gasteiger partial charge is 0.349 e. The average Bonchev–Trinajstić information content (AvgIpc) is 3.12. The second kappa shape index (κ2) is 7.06. The van der Waals surface area contributed by atoms with E-state index in [1.54, 1.807) is 16.9 Å². The summed E-state index contributed by atoms with van der Waals surface area (Å²) in [5.74, 6) is -3.23. The Balaban J connectivity index is 0.00000192. The summed E-state index contributed by atoms with van der Waals surface area (Å²) in [6, 6.07) is 10.5. The Morgan fingerprint density at radius 2 is 2.09 bits per heavy atom. The van der Waals surface area contributed by atoms with Crippen LogP contribution in [0.25, 0.3) is 5.69 Å². The van der Waals surface area contributed by atoms with Crippen molar-refractivity contribution in [3.8, 4) is 5.69 Å². The number of benzene rings is 1. The molecule has 2 aromatic rings. The maximum atomic E-state index is 13.1. The van der Waals surface area contributed by atoms with Gasteiger partial charge in [0.15, 0.2) is 0 Å². The topological polar surface area (TPSA) is 59.0 Å². The van der Waals surface area contributed by atoms with Crippen molar-refractivity contribution >= 4 is 18.3 Å². The number of alkyl halides is 2. The number of halogens is 3. The van der Waals surface area contributed by atoms with Crippen LogP contribution in [0.5, 0.6) is 0 Å². The van der Waals surface area contributed by atoms with Gasteiger partial charge in [-0.15, -0.1) is 12.4 Å². The summed E-state index contributed by atoms with van der Waals surface area (Å²) in [7, 11) is 0. The number of para-hydroxylation sites is 1. The van der Waals surface area contributed by atoms with E-state index in [4.69, 9.17) is 0 Å². The molecule has 5 nitrogen and oxygen atoms in total. The smallest absolute Gasteiger partial charge is 0.262 e. The minimum absolute atomic E-state index is 0. The number of carbonyl (C=O) groups excluding carboxylic acids is 1. The van der Waals surface area contributed by atoms with Crippen molar-refractivity contribution in [1.82, 2.24) is 20.4 Å². The normalized spacial score (nSPS) is 19.1. The van der Waals surface area contributed by atoms with E-state index < -0.39 is 30.8 Å². The minimum Gasteiger partial charge on any atom is -0.349 e. The number of hydrogen-bond donors (Lipinski definition) is 2. The lowest BCUT2D eigenvalue weighted by atomic mass is 10.2. The molecule has 1 amide bonds. The number of hydrogen-bond acceptors (Lipinski definition) is 3. The molecule has 0 spiro atoms. The van der Waals surface area contributed by atoms with E-state index in [2.05, 4.69) is 15.7 Å². The van der Waals surface area contributed by atoms with Crippen molar-refractivity contribution in [3.63, 3.8) is 0 Å². The Morgan fingerprint density at radius 3 is 2.74 bits per heavy atom. The summed E-state index contributed by atoms with van der Waals surface area (Å²) < 4.78 is 27.8. The van der Waals surface area contributed by atoms with Crippen LogP contribution < -0.4 is 10.6 Å². The zero-order valence-electron chi connectivity index (χ0n) is 12.2. The molecule has 0 aliphatic carbocycles. The Morgan fingerprint density at radius 1 is 1.35 bits per heavy atom. The lowest BCUT2D eigenvalue weighted by Gasteiger charge is -2.10. The first-order valence-corrected chi connectivity index (χ1v) is 7.02. The van der Waals surface area contributed by atoms with E-state index in [9.17, 15) is 13.6 Å². The average molecular weight is 343 g/mol. The quantitative estimate of drug-likeness (QED) is 0.892. The molecule has 1 saturated heterocycles. The van der Waals surface area contributed by atoms with Crippen LogP contribution >= 0.6 is 12.4 Å². The van der Waals surface area contributed by atoms with E-state index in [0.717, 1.165) is 5.69 Å². The highest BCUT2D eigenvalue weighted by Gasteiger charge is 2.42. The monoisotopic (exact) mass is 342 g/mol. The molecule has 2 heterocycles. The van der Waals surface area contributed by atoms with Gasteiger partial charge < -0.3 is 5.32 Å². The van der Waals surface area contributed by atoms with E-state index >= 15 is 0 Å². The van der Waals surface area contributed by atoms with Gasteiger partial charge in [-0.3, -0.25) is 10.1 Å². The molecular weight excluding hydrogens is 326 g/mol. The molecule has 8 heteroatoms. The van der Waals surface area contributed by atoms with Gasteiger partial charge in [0, 0.05) is 12.6 Å². The van der Waals surface area contributed by atoms with E-state index in [1.807, 2.05) is 30.3 Å². The Bertz CT molecular complexity index is 663. The van der Waals surface area contributed by atoms with Gasteiger partial charge in [0.05, 0.1) is 30.5 Å². The summed E-state index contributed by atoms with van der Waals surface area (Å²) in [5, 5.41) is 9.50. The van der Waals surface area contributed by atoms with Gasteiger partial charge in [-0.05, 0) is 18.2 Å². The zero-order chi connectivity index (χ0) is 15.6. The molecule has 0 radical (unpaired) electrons. The maximum absolute atomic E-state index is 13.1. The van der Waals surface area contributed by atoms with Crippen LogP contribution in [0.2, 0.25) is 0 Å². The molecule has 1 aliphatic heterocycles. The van der Waals surface area contributed by atoms with Crippen molar-refractivity contribution in [1.29, 1.82) is 0 Å². The van der Waals surface area contributed by atoms with E-state index in [1.165, 1.54) is 0 Å². The molecule has 0 bridgehead atoms. The molecule has 2 N–H and O–H groups in total. The van der Waals surface area contributed by atoms with Crippen LogP contribution in [-0.2, 0) is 11.3 Å². The molecule has 1 aromatic heterocycles. The molecule has 23 heavy (non-hydrogen) atoms. The molecule has 0 saturated carbocycles. The van der Waals surface area contributed by atoms with Crippen molar-refractivity contribution in [2.45, 2.75) is 24.9 Å². The zero-order valence-corrected chi connectivity index (χ0v) is 13.0. The lowest BCUT2D eigenvalue weighted by molar-refractivity contribution is -0.123. The highest BCUT2D eigenvalue weighted by atomic mass is 35.5. The van der Waals surface area contributed by atoms with Crippen LogP contribution in [0.4, 0.5) is 8.78 Å².